The summed E-state index contributed by atoms with van der Waals surface area (Å²) in [4.78, 5) is 33.7. The molecule has 5 aromatic rings. The van der Waals surface area contributed by atoms with Gasteiger partial charge in [0.25, 0.3) is 11.5 Å². The number of thiophene rings is 1. The van der Waals surface area contributed by atoms with Gasteiger partial charge in [-0.1, -0.05) is 54.2 Å². The Morgan fingerprint density at radius 1 is 1.07 bits per heavy atom. The Morgan fingerprint density at radius 3 is 2.67 bits per heavy atom. The Labute approximate surface area is 239 Å². The van der Waals surface area contributed by atoms with Crippen molar-refractivity contribution in [2.45, 2.75) is 37.8 Å². The molecular formula is C31H28N4O3S2. The maximum absolute atomic E-state index is 13.9. The second-order valence-corrected chi connectivity index (χ2v) is 11.7. The van der Waals surface area contributed by atoms with E-state index in [2.05, 4.69) is 22.7 Å². The number of nitrogens with zero attached hydrogens (tertiary/aromatic N) is 3. The van der Waals surface area contributed by atoms with E-state index in [4.69, 9.17) is 9.72 Å². The average molecular weight is 569 g/mol. The van der Waals surface area contributed by atoms with Crippen LogP contribution in [0.25, 0.3) is 26.7 Å². The first-order valence-corrected chi connectivity index (χ1v) is 15.0. The molecule has 0 atom stereocenters. The number of ether oxygens (including phenoxy) is 1. The summed E-state index contributed by atoms with van der Waals surface area (Å²) >= 11 is 2.84. The summed E-state index contributed by atoms with van der Waals surface area (Å²) in [5.41, 5.74) is 6.09. The van der Waals surface area contributed by atoms with Crippen LogP contribution in [-0.2, 0) is 17.6 Å². The first kappa shape index (κ1) is 26.3. The molecule has 1 aliphatic rings. The molecule has 0 saturated heterocycles. The van der Waals surface area contributed by atoms with Gasteiger partial charge in [0.1, 0.15) is 10.6 Å². The number of carbonyl (C=O) groups excluding carboxylic acids is 1. The Bertz CT molecular complexity index is 1820. The summed E-state index contributed by atoms with van der Waals surface area (Å²) in [6, 6.07) is 21.4. The van der Waals surface area contributed by atoms with Crippen molar-refractivity contribution in [2.75, 3.05) is 12.9 Å². The lowest BCUT2D eigenvalue weighted by atomic mass is 9.97. The summed E-state index contributed by atoms with van der Waals surface area (Å²) in [6.45, 7) is 1.88. The maximum Gasteiger partial charge on any atom is 0.267 e. The minimum atomic E-state index is -0.273. The van der Waals surface area contributed by atoms with Gasteiger partial charge in [0.2, 0.25) is 0 Å². The number of aryl methyl sites for hydroxylation is 2. The molecule has 3 aromatic carbocycles. The molecule has 202 valence electrons. The number of nitrogens with one attached hydrogen (secondary N) is 1. The van der Waals surface area contributed by atoms with Gasteiger partial charge in [-0.3, -0.25) is 14.2 Å². The lowest BCUT2D eigenvalue weighted by Gasteiger charge is -2.14. The number of thioether (sulfide) groups is 1. The highest BCUT2D eigenvalue weighted by atomic mass is 32.2. The smallest absolute Gasteiger partial charge is 0.267 e. The normalized spacial score (nSPS) is 13.4. The van der Waals surface area contributed by atoms with Gasteiger partial charge >= 0.3 is 0 Å². The number of methoxy groups -OCH3 is 1. The number of amides is 1. The van der Waals surface area contributed by atoms with E-state index in [0.717, 1.165) is 52.4 Å². The van der Waals surface area contributed by atoms with Crippen LogP contribution in [0.3, 0.4) is 0 Å². The molecule has 0 saturated carbocycles. The van der Waals surface area contributed by atoms with Crippen molar-refractivity contribution in [3.05, 3.63) is 93.1 Å². The van der Waals surface area contributed by atoms with Crippen molar-refractivity contribution in [1.29, 1.82) is 0 Å². The number of aromatic nitrogens is 2. The van der Waals surface area contributed by atoms with Crippen LogP contribution in [0.15, 0.2) is 81.8 Å². The Kier molecular flexibility index (Phi) is 7.40. The zero-order valence-electron chi connectivity index (χ0n) is 22.3. The highest BCUT2D eigenvalue weighted by Crippen LogP contribution is 2.35. The van der Waals surface area contributed by atoms with Gasteiger partial charge in [0.05, 0.1) is 29.6 Å². The van der Waals surface area contributed by atoms with E-state index < -0.39 is 0 Å². The zero-order valence-corrected chi connectivity index (χ0v) is 23.9. The fourth-order valence-electron chi connectivity index (χ4n) is 5.15. The zero-order chi connectivity index (χ0) is 27.6. The van der Waals surface area contributed by atoms with E-state index in [1.807, 2.05) is 61.5 Å². The molecule has 7 nitrogen and oxygen atoms in total. The second kappa shape index (κ2) is 11.3. The highest BCUT2D eigenvalue weighted by molar-refractivity contribution is 7.99. The molecule has 0 unspecified atom stereocenters. The quantitative estimate of drug-likeness (QED) is 0.111. The predicted molar refractivity (Wildman–Crippen MR) is 163 cm³/mol. The molecule has 9 heteroatoms. The molecular weight excluding hydrogens is 541 g/mol. The molecule has 1 amide bonds. The molecule has 6 rings (SSSR count). The third-order valence-electron chi connectivity index (χ3n) is 7.15. The van der Waals surface area contributed by atoms with Crippen LogP contribution in [0.2, 0.25) is 0 Å². The fourth-order valence-corrected chi connectivity index (χ4v) is 7.26. The highest BCUT2D eigenvalue weighted by Gasteiger charge is 2.23. The molecule has 40 heavy (non-hydrogen) atoms. The van der Waals surface area contributed by atoms with Crippen LogP contribution in [0.4, 0.5) is 0 Å². The number of hydrogen-bond acceptors (Lipinski definition) is 7. The molecule has 2 aromatic heterocycles. The van der Waals surface area contributed by atoms with Crippen molar-refractivity contribution in [1.82, 2.24) is 15.0 Å². The Balaban J connectivity index is 1.29. The van der Waals surface area contributed by atoms with Crippen LogP contribution >= 0.6 is 23.1 Å². The van der Waals surface area contributed by atoms with Crippen molar-refractivity contribution < 1.29 is 9.53 Å². The van der Waals surface area contributed by atoms with Crippen molar-refractivity contribution in [2.24, 2.45) is 5.10 Å². The summed E-state index contributed by atoms with van der Waals surface area (Å²) in [5, 5.41) is 7.75. The van der Waals surface area contributed by atoms with Crippen molar-refractivity contribution >= 4 is 55.7 Å². The van der Waals surface area contributed by atoms with E-state index >= 15 is 0 Å². The largest absolute Gasteiger partial charge is 0.497 e. The lowest BCUT2D eigenvalue weighted by molar-refractivity contribution is -0.118. The van der Waals surface area contributed by atoms with Gasteiger partial charge in [0, 0.05) is 10.4 Å². The third kappa shape index (κ3) is 5.02. The minimum Gasteiger partial charge on any atom is -0.497 e. The molecule has 0 bridgehead atoms. The summed E-state index contributed by atoms with van der Waals surface area (Å²) in [6.07, 6.45) is 4.10. The maximum atomic E-state index is 13.9. The van der Waals surface area contributed by atoms with E-state index in [9.17, 15) is 9.59 Å². The van der Waals surface area contributed by atoms with E-state index in [1.165, 1.54) is 16.6 Å². The second-order valence-electron chi connectivity index (χ2n) is 9.67. The van der Waals surface area contributed by atoms with Crippen LogP contribution in [0.1, 0.15) is 35.8 Å². The van der Waals surface area contributed by atoms with E-state index in [0.29, 0.717) is 27.7 Å². The summed E-state index contributed by atoms with van der Waals surface area (Å²) in [7, 11) is 1.61. The fraction of sp³-hybridized carbons (Fsp3) is 0.226. The van der Waals surface area contributed by atoms with Gasteiger partial charge in [-0.05, 0) is 73.2 Å². The van der Waals surface area contributed by atoms with Gasteiger partial charge < -0.3 is 4.74 Å². The van der Waals surface area contributed by atoms with E-state index in [-0.39, 0.29) is 17.2 Å². The lowest BCUT2D eigenvalue weighted by Crippen LogP contribution is -2.24. The molecule has 1 aliphatic carbocycles. The first-order chi connectivity index (χ1) is 19.5. The van der Waals surface area contributed by atoms with Gasteiger partial charge in [-0.2, -0.15) is 5.10 Å². The van der Waals surface area contributed by atoms with Crippen LogP contribution in [0, 0.1) is 0 Å². The first-order valence-electron chi connectivity index (χ1n) is 13.2. The molecule has 0 aliphatic heterocycles. The van der Waals surface area contributed by atoms with E-state index in [1.54, 1.807) is 23.0 Å². The third-order valence-corrected chi connectivity index (χ3v) is 9.27. The number of carbonyl (C=O) groups is 1. The summed E-state index contributed by atoms with van der Waals surface area (Å²) < 4.78 is 6.92. The number of hydrogen-bond donors (Lipinski definition) is 1. The number of fused-ring (bicyclic) bond motifs is 4. The monoisotopic (exact) mass is 568 g/mol. The van der Waals surface area contributed by atoms with Crippen LogP contribution in [-0.4, -0.2) is 34.0 Å². The topological polar surface area (TPSA) is 85.6 Å². The molecule has 2 heterocycles. The molecule has 0 radical (unpaired) electrons. The standard InChI is InChI=1S/C31H28N4O3S2/c1-19(23-12-7-9-20-8-3-4-10-24(20)23)33-34-27(36)18-39-31-32-29-28(25-11-5-6-13-26(25)40-29)30(37)35(31)21-14-16-22(38-2)17-15-21/h3-4,7-10,12,14-17H,5-6,11,13,18H2,1-2H3,(H,34,36). The van der Waals surface area contributed by atoms with Crippen molar-refractivity contribution in [3.63, 3.8) is 0 Å². The molecule has 1 N–H and O–H groups in total. The number of benzene rings is 3. The van der Waals surface area contributed by atoms with Crippen LogP contribution < -0.4 is 15.7 Å². The number of hydrazone groups is 1. The predicted octanol–water partition coefficient (Wildman–Crippen LogP) is 6.12. The van der Waals surface area contributed by atoms with Gasteiger partial charge in [-0.15, -0.1) is 11.3 Å². The average Bonchev–Trinajstić information content (AvgIpc) is 3.37. The summed E-state index contributed by atoms with van der Waals surface area (Å²) in [5.74, 6) is 0.489. The molecule has 0 fully saturated rings. The van der Waals surface area contributed by atoms with Crippen molar-refractivity contribution in [3.8, 4) is 11.4 Å². The molecule has 0 spiro atoms. The number of rotatable bonds is 7. The Hall–Kier alpha value is -3.95. The van der Waals surface area contributed by atoms with Gasteiger partial charge in [-0.25, -0.2) is 10.4 Å². The Morgan fingerprint density at radius 2 is 1.85 bits per heavy atom. The van der Waals surface area contributed by atoms with Gasteiger partial charge in [0.15, 0.2) is 5.16 Å². The minimum absolute atomic E-state index is 0.0610. The van der Waals surface area contributed by atoms with Crippen LogP contribution in [0.5, 0.6) is 5.75 Å². The SMILES string of the molecule is COc1ccc(-n2c(SCC(=O)NN=C(C)c3cccc4ccccc34)nc3sc4c(c3c2=O)CCCC4)cc1.